The van der Waals surface area contributed by atoms with Crippen molar-refractivity contribution in [3.63, 3.8) is 0 Å². The fourth-order valence-electron chi connectivity index (χ4n) is 2.47. The fraction of sp³-hybridized carbons (Fsp3) is 0.500. The summed E-state index contributed by atoms with van der Waals surface area (Å²) in [6.45, 7) is 3.13. The number of carbonyl (C=O) groups is 1. The summed E-state index contributed by atoms with van der Waals surface area (Å²) in [5, 5.41) is 9.82. The number of hydrogen-bond acceptors (Lipinski definition) is 5. The van der Waals surface area contributed by atoms with E-state index in [-0.39, 0.29) is 5.75 Å². The van der Waals surface area contributed by atoms with E-state index >= 15 is 0 Å². The number of nitrogens with zero attached hydrogens (tertiary/aromatic N) is 2. The molecule has 0 unspecified atom stereocenters. The lowest BCUT2D eigenvalue weighted by molar-refractivity contribution is -0.134. The number of halogens is 2. The highest BCUT2D eigenvalue weighted by Crippen LogP contribution is 2.29. The minimum atomic E-state index is -3.55. The van der Waals surface area contributed by atoms with E-state index in [1.54, 1.807) is 12.1 Å². The highest BCUT2D eigenvalue weighted by atomic mass is 35.5. The van der Waals surface area contributed by atoms with Crippen molar-refractivity contribution >= 4 is 44.7 Å². The number of carboxylic acids is 1. The van der Waals surface area contributed by atoms with E-state index < -0.39 is 21.6 Å². The maximum atomic E-state index is 11.6. The predicted octanol–water partition coefficient (Wildman–Crippen LogP) is 1.61. The normalized spacial score (nSPS) is 16.5. The molecular formula is C14H18Cl2N2O4S. The molecule has 0 aliphatic carbocycles. The number of sulfone groups is 1. The highest BCUT2D eigenvalue weighted by Gasteiger charge is 2.22. The van der Waals surface area contributed by atoms with E-state index in [4.69, 9.17) is 28.3 Å². The van der Waals surface area contributed by atoms with Crippen molar-refractivity contribution < 1.29 is 18.3 Å². The fourth-order valence-corrected chi connectivity index (χ4v) is 3.93. The molecule has 1 saturated heterocycles. The average molecular weight is 381 g/mol. The van der Waals surface area contributed by atoms with Crippen molar-refractivity contribution in [2.45, 2.75) is 0 Å². The van der Waals surface area contributed by atoms with Gasteiger partial charge in [0.2, 0.25) is 0 Å². The lowest BCUT2D eigenvalue weighted by Gasteiger charge is -2.36. The van der Waals surface area contributed by atoms with Crippen LogP contribution in [0.2, 0.25) is 10.0 Å². The largest absolute Gasteiger partial charge is 0.480 e. The first-order chi connectivity index (χ1) is 10.8. The summed E-state index contributed by atoms with van der Waals surface area (Å²) in [6, 6.07) is 5.30. The molecule has 6 nitrogen and oxygen atoms in total. The molecule has 0 bridgehead atoms. The molecule has 1 N–H and O–H groups in total. The first kappa shape index (κ1) is 18.3. The van der Waals surface area contributed by atoms with Crippen LogP contribution in [0, 0.1) is 0 Å². The van der Waals surface area contributed by atoms with Crippen molar-refractivity contribution in [1.29, 1.82) is 0 Å². The molecule has 0 radical (unpaired) electrons. The van der Waals surface area contributed by atoms with Crippen LogP contribution in [0.4, 0.5) is 5.69 Å². The minimum absolute atomic E-state index is 0.142. The van der Waals surface area contributed by atoms with Crippen LogP contribution in [0.5, 0.6) is 0 Å². The van der Waals surface area contributed by atoms with Gasteiger partial charge in [-0.1, -0.05) is 23.2 Å². The monoisotopic (exact) mass is 380 g/mol. The Morgan fingerprint density at radius 2 is 1.83 bits per heavy atom. The smallest absolute Gasteiger partial charge is 0.318 e. The Hall–Kier alpha value is -1.02. The maximum absolute atomic E-state index is 11.6. The second-order valence-electron chi connectivity index (χ2n) is 5.41. The molecule has 1 heterocycles. The number of piperazine rings is 1. The van der Waals surface area contributed by atoms with Crippen molar-refractivity contribution in [2.24, 2.45) is 0 Å². The molecule has 23 heavy (non-hydrogen) atoms. The van der Waals surface area contributed by atoms with Gasteiger partial charge in [-0.3, -0.25) is 9.69 Å². The van der Waals surface area contributed by atoms with Crippen LogP contribution in [0.3, 0.4) is 0 Å². The Kier molecular flexibility index (Phi) is 6.13. The van der Waals surface area contributed by atoms with E-state index in [9.17, 15) is 13.2 Å². The van der Waals surface area contributed by atoms with Crippen LogP contribution in [0.1, 0.15) is 0 Å². The average Bonchev–Trinajstić information content (AvgIpc) is 2.47. The molecule has 0 aromatic heterocycles. The lowest BCUT2D eigenvalue weighted by atomic mass is 10.2. The first-order valence-electron chi connectivity index (χ1n) is 7.11. The summed E-state index contributed by atoms with van der Waals surface area (Å²) < 4.78 is 23.2. The number of rotatable bonds is 6. The van der Waals surface area contributed by atoms with Crippen LogP contribution in [-0.4, -0.2) is 68.6 Å². The molecule has 0 spiro atoms. The zero-order chi connectivity index (χ0) is 17.0. The van der Waals surface area contributed by atoms with Gasteiger partial charge in [-0.15, -0.1) is 0 Å². The topological polar surface area (TPSA) is 77.9 Å². The van der Waals surface area contributed by atoms with Gasteiger partial charge < -0.3 is 10.0 Å². The van der Waals surface area contributed by atoms with Crippen molar-refractivity contribution in [2.75, 3.05) is 49.1 Å². The van der Waals surface area contributed by atoms with E-state index in [1.807, 2.05) is 11.0 Å². The lowest BCUT2D eigenvalue weighted by Crippen LogP contribution is -2.48. The predicted molar refractivity (Wildman–Crippen MR) is 91.4 cm³/mol. The highest BCUT2D eigenvalue weighted by molar-refractivity contribution is 7.92. The third-order valence-electron chi connectivity index (χ3n) is 3.68. The molecule has 128 valence electrons. The summed E-state index contributed by atoms with van der Waals surface area (Å²) in [7, 11) is -3.55. The molecule has 1 fully saturated rings. The molecule has 1 aromatic rings. The van der Waals surface area contributed by atoms with Crippen molar-refractivity contribution in [1.82, 2.24) is 4.90 Å². The number of hydrogen-bond donors (Lipinski definition) is 1. The van der Waals surface area contributed by atoms with Crippen LogP contribution in [-0.2, 0) is 14.6 Å². The van der Waals surface area contributed by atoms with Gasteiger partial charge in [0, 0.05) is 37.7 Å². The van der Waals surface area contributed by atoms with E-state index in [1.165, 1.54) is 0 Å². The molecule has 9 heteroatoms. The quantitative estimate of drug-likeness (QED) is 0.807. The Bertz CT molecular complexity index is 673. The zero-order valence-electron chi connectivity index (χ0n) is 12.4. The van der Waals surface area contributed by atoms with Gasteiger partial charge in [0.1, 0.15) is 5.75 Å². The van der Waals surface area contributed by atoms with Crippen LogP contribution in [0.25, 0.3) is 0 Å². The summed E-state index contributed by atoms with van der Waals surface area (Å²) in [5.74, 6) is -2.27. The Morgan fingerprint density at radius 1 is 1.17 bits per heavy atom. The Morgan fingerprint density at radius 3 is 2.43 bits per heavy atom. The molecule has 1 aliphatic rings. The summed E-state index contributed by atoms with van der Waals surface area (Å²) in [4.78, 5) is 14.6. The SMILES string of the molecule is O=C(O)CS(=O)(=O)CCN1CCN(c2cc(Cl)ccc2Cl)CC1. The van der Waals surface area contributed by atoms with Gasteiger partial charge in [0.15, 0.2) is 9.84 Å². The molecule has 1 aliphatic heterocycles. The number of carboxylic acid groups (broad SMARTS) is 1. The van der Waals surface area contributed by atoms with Crippen molar-refractivity contribution in [3.8, 4) is 0 Å². The van der Waals surface area contributed by atoms with E-state index in [2.05, 4.69) is 4.90 Å². The number of benzene rings is 1. The van der Waals surface area contributed by atoms with Gasteiger partial charge in [-0.25, -0.2) is 8.42 Å². The number of anilines is 1. The van der Waals surface area contributed by atoms with E-state index in [0.29, 0.717) is 42.8 Å². The molecular weight excluding hydrogens is 363 g/mol. The maximum Gasteiger partial charge on any atom is 0.318 e. The third kappa shape index (κ3) is 5.53. The minimum Gasteiger partial charge on any atom is -0.480 e. The Labute approximate surface area is 145 Å². The Balaban J connectivity index is 1.87. The summed E-state index contributed by atoms with van der Waals surface area (Å²) >= 11 is 12.2. The van der Waals surface area contributed by atoms with Crippen molar-refractivity contribution in [3.05, 3.63) is 28.2 Å². The third-order valence-corrected chi connectivity index (χ3v) is 5.73. The van der Waals surface area contributed by atoms with Gasteiger partial charge >= 0.3 is 5.97 Å². The standard InChI is InChI=1S/C14H18Cl2N2O4S/c15-11-1-2-12(16)13(9-11)18-5-3-17(4-6-18)7-8-23(21,22)10-14(19)20/h1-2,9H,3-8,10H2,(H,19,20). The molecule has 0 atom stereocenters. The second-order valence-corrected chi connectivity index (χ2v) is 8.44. The summed E-state index contributed by atoms with van der Waals surface area (Å²) in [5.41, 5.74) is 0.873. The van der Waals surface area contributed by atoms with Gasteiger partial charge in [-0.2, -0.15) is 0 Å². The zero-order valence-corrected chi connectivity index (χ0v) is 14.7. The van der Waals surface area contributed by atoms with Gasteiger partial charge in [0.05, 0.1) is 16.5 Å². The van der Waals surface area contributed by atoms with Crippen LogP contribution < -0.4 is 4.90 Å². The van der Waals surface area contributed by atoms with E-state index in [0.717, 1.165) is 5.69 Å². The van der Waals surface area contributed by atoms with Crippen LogP contribution >= 0.6 is 23.2 Å². The molecule has 2 rings (SSSR count). The van der Waals surface area contributed by atoms with Gasteiger partial charge in [-0.05, 0) is 18.2 Å². The molecule has 1 aromatic carbocycles. The number of aliphatic carboxylic acids is 1. The summed E-state index contributed by atoms with van der Waals surface area (Å²) in [6.07, 6.45) is 0. The first-order valence-corrected chi connectivity index (χ1v) is 9.69. The molecule has 0 saturated carbocycles. The second kappa shape index (κ2) is 7.70. The van der Waals surface area contributed by atoms with Gasteiger partial charge in [0.25, 0.3) is 0 Å². The molecule has 0 amide bonds. The van der Waals surface area contributed by atoms with Crippen LogP contribution in [0.15, 0.2) is 18.2 Å².